The van der Waals surface area contributed by atoms with Crippen molar-refractivity contribution in [3.63, 3.8) is 0 Å². The van der Waals surface area contributed by atoms with Crippen LogP contribution < -0.4 is 9.64 Å². The van der Waals surface area contributed by atoms with Gasteiger partial charge >= 0.3 is 12.2 Å². The van der Waals surface area contributed by atoms with Gasteiger partial charge in [0.05, 0.1) is 18.8 Å². The number of fused-ring (bicyclic) bond motifs is 1. The van der Waals surface area contributed by atoms with Crippen LogP contribution in [0, 0.1) is 0 Å². The Hall–Kier alpha value is -3.22. The van der Waals surface area contributed by atoms with Gasteiger partial charge in [0.2, 0.25) is 0 Å². The first-order valence-corrected chi connectivity index (χ1v) is 9.98. The van der Waals surface area contributed by atoms with E-state index < -0.39 is 23.3 Å². The number of nitrogens with zero attached hydrogens (tertiary/aromatic N) is 2. The third-order valence-corrected chi connectivity index (χ3v) is 5.09. The number of ether oxygens (including phenoxy) is 3. The average Bonchev–Trinajstić information content (AvgIpc) is 2.68. The molecule has 2 aromatic rings. The monoisotopic (exact) mass is 410 g/mol. The standard InChI is InChI=1S/C23H26N2O5/c1-22(2,3)30-21(27)25-18-11-7-8-12-19(18)29-16-23(25)14-24(15-23)20(26)28-13-17-9-5-4-6-10-17/h4-12H,13-16H2,1-3H3. The average molecular weight is 410 g/mol. The maximum absolute atomic E-state index is 13.1. The van der Waals surface area contributed by atoms with Gasteiger partial charge in [-0.15, -0.1) is 0 Å². The highest BCUT2D eigenvalue weighted by molar-refractivity contribution is 5.93. The summed E-state index contributed by atoms with van der Waals surface area (Å²) in [4.78, 5) is 28.8. The Morgan fingerprint density at radius 2 is 1.67 bits per heavy atom. The van der Waals surface area contributed by atoms with Gasteiger partial charge in [-0.3, -0.25) is 4.90 Å². The molecule has 2 heterocycles. The highest BCUT2D eigenvalue weighted by atomic mass is 16.6. The van der Waals surface area contributed by atoms with Crippen LogP contribution in [0.3, 0.4) is 0 Å². The SMILES string of the molecule is CC(C)(C)OC(=O)N1c2ccccc2OCC12CN(C(=O)OCc1ccccc1)C2. The topological polar surface area (TPSA) is 68.3 Å². The zero-order valence-corrected chi connectivity index (χ0v) is 17.5. The minimum Gasteiger partial charge on any atom is -0.489 e. The molecule has 4 rings (SSSR count). The molecule has 0 atom stereocenters. The molecule has 30 heavy (non-hydrogen) atoms. The van der Waals surface area contributed by atoms with Crippen LogP contribution >= 0.6 is 0 Å². The van der Waals surface area contributed by atoms with E-state index in [1.54, 1.807) is 9.80 Å². The summed E-state index contributed by atoms with van der Waals surface area (Å²) in [5, 5.41) is 0. The molecule has 0 bridgehead atoms. The number of hydrogen-bond acceptors (Lipinski definition) is 5. The van der Waals surface area contributed by atoms with E-state index in [0.717, 1.165) is 5.56 Å². The Balaban J connectivity index is 1.48. The van der Waals surface area contributed by atoms with Gasteiger partial charge in [0.15, 0.2) is 0 Å². The van der Waals surface area contributed by atoms with E-state index >= 15 is 0 Å². The quantitative estimate of drug-likeness (QED) is 0.742. The molecule has 2 aliphatic rings. The second-order valence-electron chi connectivity index (χ2n) is 8.69. The lowest BCUT2D eigenvalue weighted by molar-refractivity contribution is -0.00182. The van der Waals surface area contributed by atoms with Crippen molar-refractivity contribution >= 4 is 17.9 Å². The fourth-order valence-corrected chi connectivity index (χ4v) is 3.73. The molecule has 1 saturated heterocycles. The second-order valence-corrected chi connectivity index (χ2v) is 8.69. The molecule has 158 valence electrons. The molecule has 0 aliphatic carbocycles. The van der Waals surface area contributed by atoms with E-state index in [9.17, 15) is 9.59 Å². The van der Waals surface area contributed by atoms with E-state index in [4.69, 9.17) is 14.2 Å². The lowest BCUT2D eigenvalue weighted by atomic mass is 9.87. The summed E-state index contributed by atoms with van der Waals surface area (Å²) in [5.41, 5.74) is 0.258. The van der Waals surface area contributed by atoms with E-state index in [-0.39, 0.29) is 13.2 Å². The number of carbonyl (C=O) groups is 2. The summed E-state index contributed by atoms with van der Waals surface area (Å²) in [6.07, 6.45) is -0.858. The Morgan fingerprint density at radius 1 is 1.00 bits per heavy atom. The zero-order valence-electron chi connectivity index (χ0n) is 17.5. The van der Waals surface area contributed by atoms with Crippen molar-refractivity contribution in [3.05, 3.63) is 60.2 Å². The summed E-state index contributed by atoms with van der Waals surface area (Å²) in [6.45, 7) is 6.61. The number of amides is 2. The van der Waals surface area contributed by atoms with E-state index in [2.05, 4.69) is 0 Å². The van der Waals surface area contributed by atoms with Gasteiger partial charge < -0.3 is 19.1 Å². The number of para-hydroxylation sites is 2. The molecule has 1 spiro atoms. The van der Waals surface area contributed by atoms with E-state index in [1.807, 2.05) is 75.4 Å². The molecule has 2 amide bonds. The summed E-state index contributed by atoms with van der Waals surface area (Å²) in [5.74, 6) is 0.624. The molecule has 0 N–H and O–H groups in total. The molecule has 2 aromatic carbocycles. The first-order chi connectivity index (χ1) is 14.3. The molecule has 0 saturated carbocycles. The van der Waals surface area contributed by atoms with Crippen LogP contribution in [-0.2, 0) is 16.1 Å². The lowest BCUT2D eigenvalue weighted by Gasteiger charge is -2.56. The van der Waals surface area contributed by atoms with Gasteiger partial charge in [0, 0.05) is 0 Å². The molecule has 0 radical (unpaired) electrons. The van der Waals surface area contributed by atoms with Crippen molar-refractivity contribution in [2.24, 2.45) is 0 Å². The first kappa shape index (κ1) is 20.1. The van der Waals surface area contributed by atoms with Crippen LogP contribution in [0.2, 0.25) is 0 Å². The van der Waals surface area contributed by atoms with Crippen LogP contribution in [0.4, 0.5) is 15.3 Å². The number of likely N-dealkylation sites (tertiary alicyclic amines) is 1. The Morgan fingerprint density at radius 3 is 2.37 bits per heavy atom. The minimum atomic E-state index is -0.678. The van der Waals surface area contributed by atoms with Crippen LogP contribution in [0.5, 0.6) is 5.75 Å². The minimum absolute atomic E-state index is 0.207. The summed E-state index contributed by atoms with van der Waals surface area (Å²) >= 11 is 0. The van der Waals surface area contributed by atoms with Gasteiger partial charge in [0.25, 0.3) is 0 Å². The predicted molar refractivity (Wildman–Crippen MR) is 112 cm³/mol. The maximum atomic E-state index is 13.1. The number of anilines is 1. The smallest absolute Gasteiger partial charge is 0.415 e. The Labute approximate surface area is 176 Å². The van der Waals surface area contributed by atoms with Crippen LogP contribution in [0.15, 0.2) is 54.6 Å². The third kappa shape index (κ3) is 3.92. The molecule has 0 aromatic heterocycles. The van der Waals surface area contributed by atoms with E-state index in [0.29, 0.717) is 24.5 Å². The molecule has 0 unspecified atom stereocenters. The Bertz CT molecular complexity index is 932. The van der Waals surface area contributed by atoms with Crippen molar-refractivity contribution in [2.45, 2.75) is 38.5 Å². The highest BCUT2D eigenvalue weighted by Gasteiger charge is 2.56. The van der Waals surface area contributed by atoms with Crippen LogP contribution in [-0.4, -0.2) is 47.9 Å². The number of carbonyl (C=O) groups excluding carboxylic acids is 2. The third-order valence-electron chi connectivity index (χ3n) is 5.09. The lowest BCUT2D eigenvalue weighted by Crippen LogP contribution is -2.76. The first-order valence-electron chi connectivity index (χ1n) is 9.98. The highest BCUT2D eigenvalue weighted by Crippen LogP contribution is 2.43. The normalized spacial score (nSPS) is 16.9. The summed E-state index contributed by atoms with van der Waals surface area (Å²) < 4.78 is 17.0. The second kappa shape index (κ2) is 7.55. The number of benzene rings is 2. The van der Waals surface area contributed by atoms with Crippen LogP contribution in [0.25, 0.3) is 0 Å². The fourth-order valence-electron chi connectivity index (χ4n) is 3.73. The van der Waals surface area contributed by atoms with Crippen molar-refractivity contribution in [2.75, 3.05) is 24.6 Å². The molecule has 2 aliphatic heterocycles. The van der Waals surface area contributed by atoms with Crippen molar-refractivity contribution in [3.8, 4) is 5.75 Å². The van der Waals surface area contributed by atoms with Gasteiger partial charge in [0.1, 0.15) is 30.1 Å². The fraction of sp³-hybridized carbons (Fsp3) is 0.391. The Kier molecular flexibility index (Phi) is 5.05. The number of hydrogen-bond donors (Lipinski definition) is 0. The predicted octanol–water partition coefficient (Wildman–Crippen LogP) is 4.21. The number of rotatable bonds is 2. The molecular weight excluding hydrogens is 384 g/mol. The zero-order chi connectivity index (χ0) is 21.4. The largest absolute Gasteiger partial charge is 0.489 e. The van der Waals surface area contributed by atoms with Gasteiger partial charge in [-0.2, -0.15) is 0 Å². The van der Waals surface area contributed by atoms with Crippen molar-refractivity contribution in [1.82, 2.24) is 4.90 Å². The molecule has 7 heteroatoms. The van der Waals surface area contributed by atoms with Gasteiger partial charge in [-0.25, -0.2) is 9.59 Å². The summed E-state index contributed by atoms with van der Waals surface area (Å²) in [7, 11) is 0. The van der Waals surface area contributed by atoms with Gasteiger partial charge in [-0.05, 0) is 38.5 Å². The maximum Gasteiger partial charge on any atom is 0.415 e. The van der Waals surface area contributed by atoms with Crippen molar-refractivity contribution < 1.29 is 23.8 Å². The summed E-state index contributed by atoms with van der Waals surface area (Å²) in [6, 6.07) is 16.9. The molecule has 7 nitrogen and oxygen atoms in total. The molecule has 1 fully saturated rings. The van der Waals surface area contributed by atoms with Crippen molar-refractivity contribution in [1.29, 1.82) is 0 Å². The van der Waals surface area contributed by atoms with Crippen LogP contribution in [0.1, 0.15) is 26.3 Å². The molecular formula is C23H26N2O5. The van der Waals surface area contributed by atoms with E-state index in [1.165, 1.54) is 0 Å². The van der Waals surface area contributed by atoms with Gasteiger partial charge in [-0.1, -0.05) is 42.5 Å².